The van der Waals surface area contributed by atoms with Crippen LogP contribution in [0.15, 0.2) is 35.1 Å². The number of rotatable bonds is 4. The first kappa shape index (κ1) is 16.2. The summed E-state index contributed by atoms with van der Waals surface area (Å²) in [6.07, 6.45) is 1.72. The van der Waals surface area contributed by atoms with Crippen LogP contribution in [0.1, 0.15) is 48.6 Å². The Hall–Kier alpha value is -2.63. The third kappa shape index (κ3) is 2.91. The second-order valence-electron chi connectivity index (χ2n) is 6.64. The van der Waals surface area contributed by atoms with Crippen molar-refractivity contribution in [2.45, 2.75) is 45.3 Å². The van der Waals surface area contributed by atoms with E-state index in [9.17, 15) is 14.7 Å². The summed E-state index contributed by atoms with van der Waals surface area (Å²) in [6.45, 7) is 4.61. The van der Waals surface area contributed by atoms with Crippen LogP contribution in [0, 0.1) is 0 Å². The Labute approximate surface area is 139 Å². The van der Waals surface area contributed by atoms with Gasteiger partial charge in [0.1, 0.15) is 12.4 Å². The largest absolute Gasteiger partial charge is 0.481 e. The van der Waals surface area contributed by atoms with Crippen molar-refractivity contribution in [3.8, 4) is 5.75 Å². The lowest BCUT2D eigenvalue weighted by Gasteiger charge is -2.32. The quantitative estimate of drug-likeness (QED) is 0.933. The zero-order valence-electron chi connectivity index (χ0n) is 13.8. The summed E-state index contributed by atoms with van der Waals surface area (Å²) in [4.78, 5) is 28.7. The van der Waals surface area contributed by atoms with E-state index in [4.69, 9.17) is 4.74 Å². The molecule has 1 aliphatic heterocycles. The Kier molecular flexibility index (Phi) is 4.13. The Morgan fingerprint density at radius 2 is 2.04 bits per heavy atom. The molecule has 0 atom stereocenters. The molecular formula is C18H20N2O4. The lowest BCUT2D eigenvalue weighted by molar-refractivity contribution is 0.0682. The van der Waals surface area contributed by atoms with Crippen molar-refractivity contribution in [2.75, 3.05) is 0 Å². The average Bonchev–Trinajstić information content (AvgIpc) is 2.55. The van der Waals surface area contributed by atoms with E-state index in [0.29, 0.717) is 12.4 Å². The third-order valence-corrected chi connectivity index (χ3v) is 4.35. The van der Waals surface area contributed by atoms with Crippen molar-refractivity contribution in [3.05, 3.63) is 57.8 Å². The molecule has 6 nitrogen and oxygen atoms in total. The molecule has 0 spiro atoms. The normalized spacial score (nSPS) is 15.6. The lowest BCUT2D eigenvalue weighted by atomic mass is 9.84. The molecule has 6 heteroatoms. The van der Waals surface area contributed by atoms with E-state index < -0.39 is 11.5 Å². The van der Waals surface area contributed by atoms with Crippen molar-refractivity contribution in [2.24, 2.45) is 0 Å². The van der Waals surface area contributed by atoms with Crippen molar-refractivity contribution < 1.29 is 14.6 Å². The first-order valence-corrected chi connectivity index (χ1v) is 7.95. The number of ether oxygens (including phenoxy) is 1. The van der Waals surface area contributed by atoms with Gasteiger partial charge in [-0.3, -0.25) is 9.36 Å². The Bertz CT molecular complexity index is 825. The number of aromatic nitrogens is 2. The molecule has 0 amide bonds. The number of benzene rings is 1. The Morgan fingerprint density at radius 3 is 2.71 bits per heavy atom. The number of carboxylic acid groups (broad SMARTS) is 1. The fourth-order valence-corrected chi connectivity index (χ4v) is 3.06. The zero-order chi connectivity index (χ0) is 17.3. The molecule has 2 aromatic rings. The minimum atomic E-state index is -1.25. The van der Waals surface area contributed by atoms with Crippen LogP contribution < -0.4 is 10.3 Å². The molecule has 0 aliphatic carbocycles. The molecule has 0 saturated heterocycles. The Balaban J connectivity index is 2.05. The smallest absolute Gasteiger partial charge is 0.358 e. The predicted octanol–water partition coefficient (Wildman–Crippen LogP) is 2.59. The maximum atomic E-state index is 12.8. The number of hydrogen-bond donors (Lipinski definition) is 1. The summed E-state index contributed by atoms with van der Waals surface area (Å²) in [5.41, 5.74) is -0.200. The highest BCUT2D eigenvalue weighted by atomic mass is 16.5. The van der Waals surface area contributed by atoms with Crippen LogP contribution in [0.25, 0.3) is 0 Å². The van der Waals surface area contributed by atoms with Crippen LogP contribution in [0.5, 0.6) is 5.75 Å². The van der Waals surface area contributed by atoms with E-state index >= 15 is 0 Å². The molecule has 1 aromatic heterocycles. The van der Waals surface area contributed by atoms with Gasteiger partial charge in [0.15, 0.2) is 5.69 Å². The molecule has 126 valence electrons. The maximum absolute atomic E-state index is 12.8. The van der Waals surface area contributed by atoms with E-state index in [0.717, 1.165) is 18.4 Å². The fourth-order valence-electron chi connectivity index (χ4n) is 3.06. The van der Waals surface area contributed by atoms with Crippen LogP contribution in [-0.4, -0.2) is 20.6 Å². The highest BCUT2D eigenvalue weighted by Gasteiger charge is 2.33. The SMILES string of the molecule is CC1(C)CCCn2c1nc(C(=O)O)c(OCc1ccccc1)c2=O. The third-order valence-electron chi connectivity index (χ3n) is 4.35. The summed E-state index contributed by atoms with van der Waals surface area (Å²) in [7, 11) is 0. The zero-order valence-corrected chi connectivity index (χ0v) is 13.8. The fraction of sp³-hybridized carbons (Fsp3) is 0.389. The lowest BCUT2D eigenvalue weighted by Crippen LogP contribution is -2.39. The standard InChI is InChI=1S/C18H20N2O4/c1-18(2)9-6-10-20-15(21)14(13(16(22)23)19-17(18)20)24-11-12-7-4-3-5-8-12/h3-5,7-8H,6,9-11H2,1-2H3,(H,22,23). The molecule has 0 fully saturated rings. The van der Waals surface area contributed by atoms with Gasteiger partial charge in [-0.05, 0) is 18.4 Å². The first-order chi connectivity index (χ1) is 11.4. The highest BCUT2D eigenvalue weighted by molar-refractivity contribution is 5.88. The van der Waals surface area contributed by atoms with Gasteiger partial charge >= 0.3 is 5.97 Å². The monoisotopic (exact) mass is 328 g/mol. The van der Waals surface area contributed by atoms with Gasteiger partial charge in [-0.1, -0.05) is 44.2 Å². The van der Waals surface area contributed by atoms with E-state index in [1.807, 2.05) is 44.2 Å². The minimum absolute atomic E-state index is 0.126. The molecule has 24 heavy (non-hydrogen) atoms. The van der Waals surface area contributed by atoms with Crippen molar-refractivity contribution >= 4 is 5.97 Å². The number of carboxylic acids is 1. The molecule has 0 radical (unpaired) electrons. The molecule has 1 aliphatic rings. The van der Waals surface area contributed by atoms with Gasteiger partial charge < -0.3 is 9.84 Å². The van der Waals surface area contributed by atoms with Gasteiger partial charge in [0, 0.05) is 12.0 Å². The number of carbonyl (C=O) groups is 1. The summed E-state index contributed by atoms with van der Waals surface area (Å²) in [6, 6.07) is 9.30. The number of aromatic carboxylic acids is 1. The van der Waals surface area contributed by atoms with Crippen molar-refractivity contribution in [1.29, 1.82) is 0 Å². The molecule has 1 aromatic carbocycles. The topological polar surface area (TPSA) is 81.4 Å². The second kappa shape index (κ2) is 6.11. The highest BCUT2D eigenvalue weighted by Crippen LogP contribution is 2.32. The van der Waals surface area contributed by atoms with E-state index in [-0.39, 0.29) is 23.5 Å². The Morgan fingerprint density at radius 1 is 1.33 bits per heavy atom. The number of hydrogen-bond acceptors (Lipinski definition) is 4. The van der Waals surface area contributed by atoms with Crippen molar-refractivity contribution in [1.82, 2.24) is 9.55 Å². The van der Waals surface area contributed by atoms with Gasteiger partial charge in [0.2, 0.25) is 5.75 Å². The average molecular weight is 328 g/mol. The van der Waals surface area contributed by atoms with Crippen LogP contribution in [0.2, 0.25) is 0 Å². The molecule has 3 rings (SSSR count). The van der Waals surface area contributed by atoms with E-state index in [1.165, 1.54) is 0 Å². The number of nitrogens with zero attached hydrogens (tertiary/aromatic N) is 2. The molecule has 1 N–H and O–H groups in total. The molecule has 0 bridgehead atoms. The van der Waals surface area contributed by atoms with Gasteiger partial charge in [-0.2, -0.15) is 0 Å². The van der Waals surface area contributed by atoms with Crippen molar-refractivity contribution in [3.63, 3.8) is 0 Å². The van der Waals surface area contributed by atoms with E-state index in [2.05, 4.69) is 4.98 Å². The van der Waals surface area contributed by atoms with E-state index in [1.54, 1.807) is 4.57 Å². The molecule has 2 heterocycles. The molecule has 0 unspecified atom stereocenters. The predicted molar refractivity (Wildman–Crippen MR) is 88.5 cm³/mol. The van der Waals surface area contributed by atoms with Gasteiger partial charge in [-0.15, -0.1) is 0 Å². The summed E-state index contributed by atoms with van der Waals surface area (Å²) in [5, 5.41) is 9.47. The van der Waals surface area contributed by atoms with Crippen LogP contribution in [0.3, 0.4) is 0 Å². The van der Waals surface area contributed by atoms with Gasteiger partial charge in [-0.25, -0.2) is 9.78 Å². The second-order valence-corrected chi connectivity index (χ2v) is 6.64. The minimum Gasteiger partial charge on any atom is -0.481 e. The van der Waals surface area contributed by atoms with Crippen LogP contribution in [0.4, 0.5) is 0 Å². The number of fused-ring (bicyclic) bond motifs is 1. The van der Waals surface area contributed by atoms with Gasteiger partial charge in [0.25, 0.3) is 5.56 Å². The summed E-state index contributed by atoms with van der Waals surface area (Å²) < 4.78 is 7.12. The molecular weight excluding hydrogens is 308 g/mol. The summed E-state index contributed by atoms with van der Waals surface area (Å²) in [5.74, 6) is -0.920. The first-order valence-electron chi connectivity index (χ1n) is 7.95. The van der Waals surface area contributed by atoms with Crippen LogP contribution in [-0.2, 0) is 18.6 Å². The van der Waals surface area contributed by atoms with Crippen LogP contribution >= 0.6 is 0 Å². The maximum Gasteiger partial charge on any atom is 0.358 e. The summed E-state index contributed by atoms with van der Waals surface area (Å²) >= 11 is 0. The molecule has 0 saturated carbocycles. The van der Waals surface area contributed by atoms with Gasteiger partial charge in [0.05, 0.1) is 0 Å².